The van der Waals surface area contributed by atoms with E-state index in [-0.39, 0.29) is 21.2 Å². The van der Waals surface area contributed by atoms with E-state index in [0.29, 0.717) is 26.2 Å². The fourth-order valence-corrected chi connectivity index (χ4v) is 5.31. The second kappa shape index (κ2) is 8.06. The number of non-ortho nitro benzene ring substituents is 1. The second-order valence-corrected chi connectivity index (χ2v) is 10.2. The van der Waals surface area contributed by atoms with Crippen molar-refractivity contribution in [3.63, 3.8) is 0 Å². The molecule has 0 atom stereocenters. The summed E-state index contributed by atoms with van der Waals surface area (Å²) in [6.45, 7) is 2.08. The van der Waals surface area contributed by atoms with E-state index in [4.69, 9.17) is 0 Å². The van der Waals surface area contributed by atoms with Crippen molar-refractivity contribution in [2.75, 3.05) is 37.9 Å². The number of hydrogen-bond acceptors (Lipinski definition) is 7. The molecule has 10 nitrogen and oxygen atoms in total. The molecular formula is C17H20N4O6S2. The van der Waals surface area contributed by atoms with Gasteiger partial charge in [0.2, 0.25) is 10.0 Å². The van der Waals surface area contributed by atoms with Crippen LogP contribution in [0.4, 0.5) is 11.4 Å². The molecule has 1 aliphatic heterocycles. The van der Waals surface area contributed by atoms with Gasteiger partial charge in [0.15, 0.2) is 0 Å². The van der Waals surface area contributed by atoms with Gasteiger partial charge in [-0.1, -0.05) is 0 Å². The standard InChI is InChI=1S/C17H20N4O6S2/c1-19-10-12-20(13-11-19)29(26,27)17-6-2-14(3-7-17)18-28(24,25)16-8-4-15(5-9-16)21(22)23/h2-9,18H,10-13H2,1H3. The van der Waals surface area contributed by atoms with E-state index in [1.165, 1.54) is 28.6 Å². The van der Waals surface area contributed by atoms with E-state index in [9.17, 15) is 26.9 Å². The lowest BCUT2D eigenvalue weighted by molar-refractivity contribution is -0.384. The zero-order valence-corrected chi connectivity index (χ0v) is 17.2. The lowest BCUT2D eigenvalue weighted by Gasteiger charge is -2.31. The quantitative estimate of drug-likeness (QED) is 0.530. The van der Waals surface area contributed by atoms with Crippen LogP contribution >= 0.6 is 0 Å². The van der Waals surface area contributed by atoms with Crippen LogP contribution in [0.15, 0.2) is 58.3 Å². The van der Waals surface area contributed by atoms with Gasteiger partial charge in [-0.15, -0.1) is 0 Å². The molecule has 156 valence electrons. The van der Waals surface area contributed by atoms with Crippen molar-refractivity contribution in [1.29, 1.82) is 0 Å². The third-order valence-corrected chi connectivity index (χ3v) is 7.87. The summed E-state index contributed by atoms with van der Waals surface area (Å²) < 4.78 is 54.0. The van der Waals surface area contributed by atoms with Crippen LogP contribution in [0.2, 0.25) is 0 Å². The molecule has 1 N–H and O–H groups in total. The number of anilines is 1. The van der Waals surface area contributed by atoms with Crippen LogP contribution in [0.1, 0.15) is 0 Å². The summed E-state index contributed by atoms with van der Waals surface area (Å²) in [6.07, 6.45) is 0. The number of nitrogens with zero attached hydrogens (tertiary/aromatic N) is 3. The molecule has 0 radical (unpaired) electrons. The van der Waals surface area contributed by atoms with Crippen molar-refractivity contribution in [2.24, 2.45) is 0 Å². The maximum Gasteiger partial charge on any atom is 0.269 e. The van der Waals surface area contributed by atoms with E-state index in [1.54, 1.807) is 0 Å². The highest BCUT2D eigenvalue weighted by molar-refractivity contribution is 7.92. The first-order valence-electron chi connectivity index (χ1n) is 8.66. The van der Waals surface area contributed by atoms with Gasteiger partial charge in [0, 0.05) is 44.0 Å². The zero-order valence-electron chi connectivity index (χ0n) is 15.6. The van der Waals surface area contributed by atoms with Crippen LogP contribution in [0.3, 0.4) is 0 Å². The van der Waals surface area contributed by atoms with Gasteiger partial charge in [0.1, 0.15) is 0 Å². The minimum atomic E-state index is -3.97. The summed E-state index contributed by atoms with van der Waals surface area (Å²) in [4.78, 5) is 12.0. The lowest BCUT2D eigenvalue weighted by atomic mass is 10.3. The maximum absolute atomic E-state index is 12.7. The van der Waals surface area contributed by atoms with Crippen molar-refractivity contribution in [3.05, 3.63) is 58.6 Å². The fraction of sp³-hybridized carbons (Fsp3) is 0.294. The molecule has 3 rings (SSSR count). The van der Waals surface area contributed by atoms with E-state index in [0.717, 1.165) is 24.3 Å². The Labute approximate surface area is 169 Å². The normalized spacial score (nSPS) is 16.4. The molecule has 0 spiro atoms. The number of sulfonamides is 2. The van der Waals surface area contributed by atoms with Crippen LogP contribution in [0.5, 0.6) is 0 Å². The van der Waals surface area contributed by atoms with E-state index >= 15 is 0 Å². The van der Waals surface area contributed by atoms with Crippen molar-refractivity contribution < 1.29 is 21.8 Å². The van der Waals surface area contributed by atoms with Gasteiger partial charge in [0.05, 0.1) is 14.7 Å². The maximum atomic E-state index is 12.7. The molecule has 0 aliphatic carbocycles. The molecule has 29 heavy (non-hydrogen) atoms. The van der Waals surface area contributed by atoms with Crippen LogP contribution in [-0.2, 0) is 20.0 Å². The van der Waals surface area contributed by atoms with Gasteiger partial charge in [-0.3, -0.25) is 14.8 Å². The van der Waals surface area contributed by atoms with Crippen molar-refractivity contribution >= 4 is 31.4 Å². The van der Waals surface area contributed by atoms with E-state index in [2.05, 4.69) is 4.72 Å². The average molecular weight is 441 g/mol. The highest BCUT2D eigenvalue weighted by Crippen LogP contribution is 2.22. The lowest BCUT2D eigenvalue weighted by Crippen LogP contribution is -2.46. The number of hydrogen-bond donors (Lipinski definition) is 1. The predicted molar refractivity (Wildman–Crippen MR) is 107 cm³/mol. The number of rotatable bonds is 6. The third kappa shape index (κ3) is 4.72. The van der Waals surface area contributed by atoms with Crippen LogP contribution in [0, 0.1) is 10.1 Å². The van der Waals surface area contributed by atoms with Gasteiger partial charge in [-0.05, 0) is 43.4 Å². The Kier molecular flexibility index (Phi) is 5.89. The van der Waals surface area contributed by atoms with Gasteiger partial charge >= 0.3 is 0 Å². The van der Waals surface area contributed by atoms with Crippen LogP contribution in [-0.4, -0.2) is 64.2 Å². The molecule has 2 aromatic rings. The number of nitro benzene ring substituents is 1. The van der Waals surface area contributed by atoms with Gasteiger partial charge < -0.3 is 4.90 Å². The molecule has 0 amide bonds. The summed E-state index contributed by atoms with van der Waals surface area (Å²) in [5.74, 6) is 0. The van der Waals surface area contributed by atoms with Crippen molar-refractivity contribution in [3.8, 4) is 0 Å². The fourth-order valence-electron chi connectivity index (χ4n) is 2.83. The van der Waals surface area contributed by atoms with Crippen molar-refractivity contribution in [2.45, 2.75) is 9.79 Å². The van der Waals surface area contributed by atoms with Gasteiger partial charge in [0.25, 0.3) is 15.7 Å². The summed E-state index contributed by atoms with van der Waals surface area (Å²) in [7, 11) is -5.69. The SMILES string of the molecule is CN1CCN(S(=O)(=O)c2ccc(NS(=O)(=O)c3ccc([N+](=O)[O-])cc3)cc2)CC1. The first-order chi connectivity index (χ1) is 13.6. The number of likely N-dealkylation sites (N-methyl/N-ethyl adjacent to an activating group) is 1. The third-order valence-electron chi connectivity index (χ3n) is 4.56. The molecule has 1 saturated heterocycles. The number of piperazine rings is 1. The van der Waals surface area contributed by atoms with Crippen molar-refractivity contribution in [1.82, 2.24) is 9.21 Å². The Morgan fingerprint density at radius 2 is 1.38 bits per heavy atom. The Morgan fingerprint density at radius 3 is 1.90 bits per heavy atom. The minimum Gasteiger partial charge on any atom is -0.304 e. The smallest absolute Gasteiger partial charge is 0.269 e. The number of benzene rings is 2. The molecule has 0 bridgehead atoms. The minimum absolute atomic E-state index is 0.0836. The molecule has 1 heterocycles. The monoisotopic (exact) mass is 440 g/mol. The molecule has 0 aromatic heterocycles. The number of nitro groups is 1. The zero-order chi connectivity index (χ0) is 21.2. The first-order valence-corrected chi connectivity index (χ1v) is 11.6. The van der Waals surface area contributed by atoms with E-state index < -0.39 is 25.0 Å². The largest absolute Gasteiger partial charge is 0.304 e. The molecule has 0 unspecified atom stereocenters. The Morgan fingerprint density at radius 1 is 0.862 bits per heavy atom. The van der Waals surface area contributed by atoms with E-state index in [1.807, 2.05) is 11.9 Å². The van der Waals surface area contributed by atoms with Crippen LogP contribution in [0.25, 0.3) is 0 Å². The highest BCUT2D eigenvalue weighted by atomic mass is 32.2. The molecule has 0 saturated carbocycles. The molecule has 12 heteroatoms. The predicted octanol–water partition coefficient (Wildman–Crippen LogP) is 1.33. The summed E-state index contributed by atoms with van der Waals surface area (Å²) in [5, 5.41) is 10.7. The number of nitrogens with one attached hydrogen (secondary N) is 1. The van der Waals surface area contributed by atoms with Gasteiger partial charge in [-0.25, -0.2) is 16.8 Å². The molecule has 2 aromatic carbocycles. The topological polar surface area (TPSA) is 130 Å². The Bertz CT molecular complexity index is 1090. The molecular weight excluding hydrogens is 420 g/mol. The molecule has 1 aliphatic rings. The first kappa shape index (κ1) is 21.2. The second-order valence-electron chi connectivity index (χ2n) is 6.59. The van der Waals surface area contributed by atoms with Gasteiger partial charge in [-0.2, -0.15) is 4.31 Å². The average Bonchev–Trinajstić information content (AvgIpc) is 2.68. The summed E-state index contributed by atoms with van der Waals surface area (Å²) in [6, 6.07) is 9.89. The Hall–Kier alpha value is -2.54. The van der Waals surface area contributed by atoms with Crippen LogP contribution < -0.4 is 4.72 Å². The molecule has 1 fully saturated rings. The Balaban J connectivity index is 1.75. The highest BCUT2D eigenvalue weighted by Gasteiger charge is 2.27. The summed E-state index contributed by atoms with van der Waals surface area (Å²) >= 11 is 0. The summed E-state index contributed by atoms with van der Waals surface area (Å²) in [5.41, 5.74) is -0.0388.